The highest BCUT2D eigenvalue weighted by atomic mass is 35.5. The van der Waals surface area contributed by atoms with E-state index in [9.17, 15) is 4.79 Å². The Morgan fingerprint density at radius 2 is 1.79 bits per heavy atom. The molecule has 0 aliphatic rings. The fraction of sp³-hybridized carbons (Fsp3) is 0.333. The Hall–Kier alpha value is -1.66. The number of amides is 1. The second kappa shape index (κ2) is 9.70. The van der Waals surface area contributed by atoms with Gasteiger partial charge in [0.25, 0.3) is 5.91 Å². The van der Waals surface area contributed by atoms with Crippen molar-refractivity contribution in [2.24, 2.45) is 0 Å². The average Bonchev–Trinajstić information content (AvgIpc) is 3.02. The van der Waals surface area contributed by atoms with Gasteiger partial charge in [-0.3, -0.25) is 9.69 Å². The molecule has 0 spiro atoms. The predicted molar refractivity (Wildman–Crippen MR) is 123 cm³/mol. The van der Waals surface area contributed by atoms with E-state index in [1.54, 1.807) is 40.5 Å². The number of rotatable bonds is 6. The second-order valence-corrected chi connectivity index (χ2v) is 8.46. The molecule has 1 aromatic heterocycles. The van der Waals surface area contributed by atoms with Crippen molar-refractivity contribution in [3.05, 3.63) is 58.1 Å². The summed E-state index contributed by atoms with van der Waals surface area (Å²) in [6.45, 7) is 5.69. The molecule has 2 aromatic carbocycles. The summed E-state index contributed by atoms with van der Waals surface area (Å²) in [4.78, 5) is 21.9. The minimum Gasteiger partial charge on any atom is -0.309 e. The molecule has 0 radical (unpaired) electrons. The Morgan fingerprint density at radius 1 is 1.11 bits per heavy atom. The Bertz CT molecular complexity index is 954. The smallest absolute Gasteiger partial charge is 0.260 e. The highest BCUT2D eigenvalue weighted by Gasteiger charge is 2.21. The van der Waals surface area contributed by atoms with Crippen molar-refractivity contribution in [1.29, 1.82) is 0 Å². The molecule has 0 saturated carbocycles. The molecule has 7 heteroatoms. The molecule has 0 fully saturated rings. The third-order valence-corrected chi connectivity index (χ3v) is 5.84. The number of hydrogen-bond donors (Lipinski definition) is 0. The Kier molecular flexibility index (Phi) is 7.84. The number of aryl methyl sites for hydroxylation is 2. The highest BCUT2D eigenvalue weighted by molar-refractivity contribution is 7.22. The lowest BCUT2D eigenvalue weighted by atomic mass is 10.1. The molecule has 0 unspecified atom stereocenters. The van der Waals surface area contributed by atoms with Gasteiger partial charge in [-0.1, -0.05) is 29.0 Å². The van der Waals surface area contributed by atoms with E-state index in [1.807, 2.05) is 14.1 Å². The quantitative estimate of drug-likeness (QED) is 0.504. The van der Waals surface area contributed by atoms with Gasteiger partial charge in [-0.15, -0.1) is 12.4 Å². The van der Waals surface area contributed by atoms with E-state index in [1.165, 1.54) is 11.1 Å². The first kappa shape index (κ1) is 22.6. The fourth-order valence-electron chi connectivity index (χ4n) is 3.06. The van der Waals surface area contributed by atoms with Gasteiger partial charge in [0.15, 0.2) is 5.13 Å². The summed E-state index contributed by atoms with van der Waals surface area (Å²) in [6.07, 6.45) is 0.875. The summed E-state index contributed by atoms with van der Waals surface area (Å²) in [7, 11) is 4.07. The van der Waals surface area contributed by atoms with E-state index in [0.717, 1.165) is 28.3 Å². The third kappa shape index (κ3) is 5.23. The lowest BCUT2D eigenvalue weighted by Gasteiger charge is -2.21. The zero-order chi connectivity index (χ0) is 19.6. The molecule has 28 heavy (non-hydrogen) atoms. The average molecular weight is 438 g/mol. The van der Waals surface area contributed by atoms with Gasteiger partial charge in [0, 0.05) is 17.1 Å². The van der Waals surface area contributed by atoms with Crippen LogP contribution < -0.4 is 4.90 Å². The summed E-state index contributed by atoms with van der Waals surface area (Å²) >= 11 is 7.56. The number of anilines is 1. The van der Waals surface area contributed by atoms with Crippen molar-refractivity contribution in [2.45, 2.75) is 20.3 Å². The van der Waals surface area contributed by atoms with E-state index < -0.39 is 0 Å². The van der Waals surface area contributed by atoms with E-state index >= 15 is 0 Å². The molecule has 0 atom stereocenters. The molecule has 0 N–H and O–H groups in total. The van der Waals surface area contributed by atoms with Crippen LogP contribution in [0.25, 0.3) is 10.2 Å². The third-order valence-electron chi connectivity index (χ3n) is 4.36. The Balaban J connectivity index is 0.00000280. The van der Waals surface area contributed by atoms with Crippen LogP contribution in [-0.4, -0.2) is 43.0 Å². The minimum absolute atomic E-state index is 0. The van der Waals surface area contributed by atoms with Crippen LogP contribution >= 0.6 is 35.3 Å². The first-order valence-electron chi connectivity index (χ1n) is 8.95. The van der Waals surface area contributed by atoms with Crippen LogP contribution in [0.1, 0.15) is 27.9 Å². The first-order chi connectivity index (χ1) is 12.8. The van der Waals surface area contributed by atoms with Gasteiger partial charge in [-0.25, -0.2) is 4.98 Å². The summed E-state index contributed by atoms with van der Waals surface area (Å²) < 4.78 is 1.14. The number of aromatic nitrogens is 1. The lowest BCUT2D eigenvalue weighted by molar-refractivity contribution is 0.0986. The molecule has 1 heterocycles. The van der Waals surface area contributed by atoms with Gasteiger partial charge in [-0.2, -0.15) is 0 Å². The van der Waals surface area contributed by atoms with Crippen molar-refractivity contribution < 1.29 is 4.79 Å². The summed E-state index contributed by atoms with van der Waals surface area (Å²) in [5.41, 5.74) is 3.95. The minimum atomic E-state index is -0.0427. The van der Waals surface area contributed by atoms with E-state index in [-0.39, 0.29) is 18.3 Å². The van der Waals surface area contributed by atoms with Gasteiger partial charge >= 0.3 is 0 Å². The van der Waals surface area contributed by atoms with Gasteiger partial charge in [-0.05, 0) is 82.4 Å². The number of carbonyl (C=O) groups is 1. The topological polar surface area (TPSA) is 36.4 Å². The summed E-state index contributed by atoms with van der Waals surface area (Å²) in [5, 5.41) is 1.37. The largest absolute Gasteiger partial charge is 0.309 e. The SMILES string of the molecule is Cc1cc(C)c2sc(N(CCCN(C)C)C(=O)c3ccc(Cl)cc3)nc2c1.Cl. The number of carbonyl (C=O) groups excluding carboxylic acids is 1. The standard InChI is InChI=1S/C21H24ClN3OS.ClH/c1-14-12-15(2)19-18(13-14)23-21(27-19)25(11-5-10-24(3)4)20(26)16-6-8-17(22)9-7-16;/h6-9,12-13H,5,10-11H2,1-4H3;1H. The van der Waals surface area contributed by atoms with Crippen LogP contribution in [0.4, 0.5) is 5.13 Å². The Morgan fingerprint density at radius 3 is 2.43 bits per heavy atom. The van der Waals surface area contributed by atoms with Gasteiger partial charge in [0.1, 0.15) is 0 Å². The van der Waals surface area contributed by atoms with Crippen molar-refractivity contribution >= 4 is 56.6 Å². The number of halogens is 2. The number of hydrogen-bond acceptors (Lipinski definition) is 4. The Labute approximate surface area is 181 Å². The van der Waals surface area contributed by atoms with E-state index in [4.69, 9.17) is 16.6 Å². The van der Waals surface area contributed by atoms with Crippen molar-refractivity contribution in [3.63, 3.8) is 0 Å². The molecule has 0 aliphatic carbocycles. The van der Waals surface area contributed by atoms with Crippen molar-refractivity contribution in [2.75, 3.05) is 32.1 Å². The van der Waals surface area contributed by atoms with Crippen molar-refractivity contribution in [3.8, 4) is 0 Å². The van der Waals surface area contributed by atoms with Crippen LogP contribution in [-0.2, 0) is 0 Å². The monoisotopic (exact) mass is 437 g/mol. The maximum absolute atomic E-state index is 13.2. The fourth-order valence-corrected chi connectivity index (χ4v) is 4.22. The van der Waals surface area contributed by atoms with Crippen LogP contribution in [0.3, 0.4) is 0 Å². The lowest BCUT2D eigenvalue weighted by Crippen LogP contribution is -2.33. The molecule has 0 saturated heterocycles. The molecule has 4 nitrogen and oxygen atoms in total. The normalized spacial score (nSPS) is 10.9. The van der Waals surface area contributed by atoms with Gasteiger partial charge < -0.3 is 4.90 Å². The second-order valence-electron chi connectivity index (χ2n) is 7.05. The predicted octanol–water partition coefficient (Wildman–Crippen LogP) is 5.59. The number of thiazole rings is 1. The number of nitrogens with zero attached hydrogens (tertiary/aromatic N) is 3. The molecular weight excluding hydrogens is 413 g/mol. The van der Waals surface area contributed by atoms with Gasteiger partial charge in [0.2, 0.25) is 0 Å². The van der Waals surface area contributed by atoms with Crippen molar-refractivity contribution in [1.82, 2.24) is 9.88 Å². The molecule has 1 amide bonds. The van der Waals surface area contributed by atoms with E-state index in [2.05, 4.69) is 30.9 Å². The molecule has 150 valence electrons. The molecule has 3 rings (SSSR count). The highest BCUT2D eigenvalue weighted by Crippen LogP contribution is 2.33. The summed E-state index contributed by atoms with van der Waals surface area (Å²) in [5.74, 6) is -0.0427. The zero-order valence-corrected chi connectivity index (χ0v) is 18.9. The first-order valence-corrected chi connectivity index (χ1v) is 10.1. The van der Waals surface area contributed by atoms with Crippen LogP contribution in [0.2, 0.25) is 5.02 Å². The zero-order valence-electron chi connectivity index (χ0n) is 16.5. The van der Waals surface area contributed by atoms with Crippen LogP contribution in [0, 0.1) is 13.8 Å². The van der Waals surface area contributed by atoms with Gasteiger partial charge in [0.05, 0.1) is 10.2 Å². The maximum Gasteiger partial charge on any atom is 0.260 e. The maximum atomic E-state index is 13.2. The van der Waals surface area contributed by atoms with E-state index in [0.29, 0.717) is 17.1 Å². The van der Waals surface area contributed by atoms with Crippen LogP contribution in [0.5, 0.6) is 0 Å². The molecule has 0 aliphatic heterocycles. The molecule has 0 bridgehead atoms. The molecular formula is C21H25Cl2N3OS. The number of fused-ring (bicyclic) bond motifs is 1. The molecule has 3 aromatic rings. The summed E-state index contributed by atoms with van der Waals surface area (Å²) in [6, 6.07) is 11.3. The number of benzene rings is 2. The van der Waals surface area contributed by atoms with Crippen LogP contribution in [0.15, 0.2) is 36.4 Å².